The van der Waals surface area contributed by atoms with Crippen molar-refractivity contribution in [3.05, 3.63) is 63.7 Å². The first-order valence-corrected chi connectivity index (χ1v) is 5.54. The molecule has 4 nitrogen and oxygen atoms in total. The van der Waals surface area contributed by atoms with Gasteiger partial charge in [0.15, 0.2) is 0 Å². The number of carbonyl (C=O) groups excluding carboxylic acids is 1. The average molecular weight is 243 g/mol. The highest BCUT2D eigenvalue weighted by Crippen LogP contribution is 2.16. The van der Waals surface area contributed by atoms with Gasteiger partial charge in [-0.15, -0.1) is 0 Å². The molecule has 1 heterocycles. The van der Waals surface area contributed by atoms with Gasteiger partial charge in [0, 0.05) is 11.8 Å². The van der Waals surface area contributed by atoms with Gasteiger partial charge in [0.05, 0.1) is 5.56 Å². The van der Waals surface area contributed by atoms with E-state index in [2.05, 4.69) is 9.73 Å². The maximum atomic E-state index is 11.9. The van der Waals surface area contributed by atoms with Gasteiger partial charge in [-0.05, 0) is 31.5 Å². The van der Waals surface area contributed by atoms with Crippen LogP contribution in [0.1, 0.15) is 21.5 Å². The monoisotopic (exact) mass is 243 g/mol. The van der Waals surface area contributed by atoms with E-state index in [1.807, 2.05) is 32.0 Å². The van der Waals surface area contributed by atoms with E-state index in [4.69, 9.17) is 0 Å². The molecule has 1 amide bonds. The van der Waals surface area contributed by atoms with E-state index in [-0.39, 0.29) is 5.91 Å². The minimum atomic E-state index is -0.474. The van der Waals surface area contributed by atoms with Crippen LogP contribution < -0.4 is 10.9 Å². The van der Waals surface area contributed by atoms with Gasteiger partial charge in [-0.1, -0.05) is 17.7 Å². The summed E-state index contributed by atoms with van der Waals surface area (Å²) in [6.45, 7) is 3.91. The normalized spacial score (nSPS) is 10.1. The summed E-state index contributed by atoms with van der Waals surface area (Å²) in [6.07, 6.45) is 1.15. The Hall–Kier alpha value is -2.36. The fourth-order valence-corrected chi connectivity index (χ4v) is 1.64. The maximum absolute atomic E-state index is 11.9. The van der Waals surface area contributed by atoms with Crippen molar-refractivity contribution in [2.45, 2.75) is 13.8 Å². The number of nitrogens with one attached hydrogen (secondary N) is 1. The van der Waals surface area contributed by atoms with Crippen molar-refractivity contribution in [2.24, 2.45) is 0 Å². The molecule has 4 heteroatoms. The zero-order valence-corrected chi connectivity index (χ0v) is 10.2. The van der Waals surface area contributed by atoms with Gasteiger partial charge in [-0.2, -0.15) is 0 Å². The van der Waals surface area contributed by atoms with Crippen molar-refractivity contribution in [3.63, 3.8) is 0 Å². The van der Waals surface area contributed by atoms with Crippen molar-refractivity contribution >= 4 is 11.6 Å². The molecule has 2 rings (SSSR count). The molecule has 0 aliphatic carbocycles. The molecule has 0 saturated heterocycles. The highest BCUT2D eigenvalue weighted by Gasteiger charge is 2.08. The Balaban J connectivity index is 2.21. The first-order chi connectivity index (χ1) is 8.56. The van der Waals surface area contributed by atoms with Crippen molar-refractivity contribution in [1.82, 2.24) is 0 Å². The lowest BCUT2D eigenvalue weighted by Crippen LogP contribution is -2.13. The molecule has 0 aliphatic rings. The van der Waals surface area contributed by atoms with Gasteiger partial charge in [-0.25, -0.2) is 4.79 Å². The van der Waals surface area contributed by atoms with Crippen LogP contribution in [0, 0.1) is 13.8 Å². The minimum absolute atomic E-state index is 0.300. The Morgan fingerprint density at radius 3 is 2.56 bits per heavy atom. The molecule has 2 aromatic rings. The van der Waals surface area contributed by atoms with Crippen molar-refractivity contribution in [2.75, 3.05) is 5.32 Å². The van der Waals surface area contributed by atoms with E-state index in [1.165, 1.54) is 12.1 Å². The van der Waals surface area contributed by atoms with Gasteiger partial charge < -0.3 is 9.73 Å². The van der Waals surface area contributed by atoms with Crippen molar-refractivity contribution < 1.29 is 9.21 Å². The second kappa shape index (κ2) is 4.87. The first kappa shape index (κ1) is 12.1. The lowest BCUT2D eigenvalue weighted by atomic mass is 10.1. The number of rotatable bonds is 2. The Kier molecular flexibility index (Phi) is 3.28. The van der Waals surface area contributed by atoms with E-state index in [9.17, 15) is 9.59 Å². The molecular weight excluding hydrogens is 230 g/mol. The molecule has 0 radical (unpaired) electrons. The van der Waals surface area contributed by atoms with Gasteiger partial charge in [0.25, 0.3) is 5.91 Å². The fourth-order valence-electron chi connectivity index (χ4n) is 1.64. The number of hydrogen-bond acceptors (Lipinski definition) is 3. The third kappa shape index (κ3) is 2.66. The zero-order chi connectivity index (χ0) is 13.1. The summed E-state index contributed by atoms with van der Waals surface area (Å²) in [5.74, 6) is -0.300. The smallest absolute Gasteiger partial charge is 0.335 e. The summed E-state index contributed by atoms with van der Waals surface area (Å²) in [7, 11) is 0. The Bertz CT molecular complexity index is 623. The SMILES string of the molecule is Cc1ccc(NC(=O)c2ccc(=O)oc2)c(C)c1. The predicted octanol–water partition coefficient (Wildman–Crippen LogP) is 2.51. The number of amides is 1. The van der Waals surface area contributed by atoms with E-state index in [0.717, 1.165) is 23.1 Å². The van der Waals surface area contributed by atoms with Gasteiger partial charge in [0.2, 0.25) is 0 Å². The molecule has 1 aromatic heterocycles. The number of benzene rings is 1. The van der Waals surface area contributed by atoms with Crippen molar-refractivity contribution in [1.29, 1.82) is 0 Å². The van der Waals surface area contributed by atoms with Crippen LogP contribution in [0.2, 0.25) is 0 Å². The molecule has 1 N–H and O–H groups in total. The number of anilines is 1. The molecule has 0 atom stereocenters. The molecule has 0 spiro atoms. The Morgan fingerprint density at radius 1 is 1.17 bits per heavy atom. The van der Waals surface area contributed by atoms with Crippen molar-refractivity contribution in [3.8, 4) is 0 Å². The second-order valence-corrected chi connectivity index (χ2v) is 4.12. The van der Waals surface area contributed by atoms with Crippen LogP contribution in [0.3, 0.4) is 0 Å². The van der Waals surface area contributed by atoms with Gasteiger partial charge in [0.1, 0.15) is 6.26 Å². The highest BCUT2D eigenvalue weighted by molar-refractivity contribution is 6.04. The van der Waals surface area contributed by atoms with E-state index < -0.39 is 5.63 Å². The number of carbonyl (C=O) groups is 1. The predicted molar refractivity (Wildman–Crippen MR) is 68.8 cm³/mol. The molecule has 0 aliphatic heterocycles. The van der Waals surface area contributed by atoms with E-state index >= 15 is 0 Å². The summed E-state index contributed by atoms with van der Waals surface area (Å²) in [5, 5.41) is 2.77. The van der Waals surface area contributed by atoms with Crippen LogP contribution in [-0.4, -0.2) is 5.91 Å². The molecule has 1 aromatic carbocycles. The van der Waals surface area contributed by atoms with Crippen LogP contribution in [0.4, 0.5) is 5.69 Å². The Morgan fingerprint density at radius 2 is 1.94 bits per heavy atom. The molecule has 0 unspecified atom stereocenters. The summed E-state index contributed by atoms with van der Waals surface area (Å²) in [6, 6.07) is 8.41. The van der Waals surface area contributed by atoms with E-state index in [1.54, 1.807) is 0 Å². The van der Waals surface area contributed by atoms with Crippen LogP contribution in [0.5, 0.6) is 0 Å². The quantitative estimate of drug-likeness (QED) is 0.881. The second-order valence-electron chi connectivity index (χ2n) is 4.12. The molecule has 0 bridgehead atoms. The third-order valence-corrected chi connectivity index (χ3v) is 2.59. The zero-order valence-electron chi connectivity index (χ0n) is 10.2. The first-order valence-electron chi connectivity index (χ1n) is 5.54. The fraction of sp³-hybridized carbons (Fsp3) is 0.143. The lowest BCUT2D eigenvalue weighted by Gasteiger charge is -2.08. The molecule has 0 saturated carbocycles. The topological polar surface area (TPSA) is 59.3 Å². The average Bonchev–Trinajstić information content (AvgIpc) is 2.33. The van der Waals surface area contributed by atoms with Crippen LogP contribution in [-0.2, 0) is 0 Å². The molecule has 18 heavy (non-hydrogen) atoms. The summed E-state index contributed by atoms with van der Waals surface area (Å²) >= 11 is 0. The highest BCUT2D eigenvalue weighted by atomic mass is 16.4. The standard InChI is InChI=1S/C14H13NO3/c1-9-3-5-12(10(2)7-9)15-14(17)11-4-6-13(16)18-8-11/h3-8H,1-2H3,(H,15,17). The largest absolute Gasteiger partial charge is 0.430 e. The van der Waals surface area contributed by atoms with E-state index in [0.29, 0.717) is 5.56 Å². The Labute approximate surface area is 104 Å². The lowest BCUT2D eigenvalue weighted by molar-refractivity contribution is 0.102. The van der Waals surface area contributed by atoms with Gasteiger partial charge in [-0.3, -0.25) is 4.79 Å². The molecule has 92 valence electrons. The summed E-state index contributed by atoms with van der Waals surface area (Å²) < 4.78 is 4.65. The molecular formula is C14H13NO3. The minimum Gasteiger partial charge on any atom is -0.430 e. The van der Waals surface area contributed by atoms with Crippen LogP contribution in [0.15, 0.2) is 45.8 Å². The van der Waals surface area contributed by atoms with Crippen LogP contribution in [0.25, 0.3) is 0 Å². The third-order valence-electron chi connectivity index (χ3n) is 2.59. The molecule has 0 fully saturated rings. The van der Waals surface area contributed by atoms with Gasteiger partial charge >= 0.3 is 5.63 Å². The summed E-state index contributed by atoms with van der Waals surface area (Å²) in [4.78, 5) is 22.7. The number of hydrogen-bond donors (Lipinski definition) is 1. The summed E-state index contributed by atoms with van der Waals surface area (Å²) in [5.41, 5.74) is 2.71. The van der Waals surface area contributed by atoms with Crippen LogP contribution >= 0.6 is 0 Å². The number of aryl methyl sites for hydroxylation is 2. The maximum Gasteiger partial charge on any atom is 0.335 e.